The van der Waals surface area contributed by atoms with Gasteiger partial charge in [-0.05, 0) is 52.4 Å². The predicted octanol–water partition coefficient (Wildman–Crippen LogP) is 2.92. The summed E-state index contributed by atoms with van der Waals surface area (Å²) in [5.41, 5.74) is 1.99. The monoisotopic (exact) mass is 436 g/mol. The minimum Gasteiger partial charge on any atom is -0.374 e. The maximum absolute atomic E-state index is 12.2. The van der Waals surface area contributed by atoms with Gasteiger partial charge in [-0.2, -0.15) is 0 Å². The Hall–Kier alpha value is -1.44. The summed E-state index contributed by atoms with van der Waals surface area (Å²) in [6.07, 6.45) is 0.0373. The van der Waals surface area contributed by atoms with Gasteiger partial charge in [0.05, 0.1) is 12.7 Å². The molecule has 2 aromatic rings. The Labute approximate surface area is 156 Å². The van der Waals surface area contributed by atoms with E-state index in [4.69, 9.17) is 4.74 Å². The largest absolute Gasteiger partial charge is 0.374 e. The number of morpholine rings is 1. The summed E-state index contributed by atoms with van der Waals surface area (Å²) in [5, 5.41) is 2.98. The van der Waals surface area contributed by atoms with Crippen LogP contribution in [0, 0.1) is 3.57 Å². The molecule has 1 atom stereocenters. The molecule has 1 aliphatic heterocycles. The van der Waals surface area contributed by atoms with Crippen LogP contribution in [0.5, 0.6) is 0 Å². The normalized spacial score (nSPS) is 18.3. The number of amides is 1. The fourth-order valence-corrected chi connectivity index (χ4v) is 3.16. The van der Waals surface area contributed by atoms with Gasteiger partial charge in [0.1, 0.15) is 0 Å². The number of ether oxygens (including phenoxy) is 1. The number of carbonyl (C=O) groups is 1. The molecule has 0 radical (unpaired) electrons. The van der Waals surface area contributed by atoms with Gasteiger partial charge in [-0.15, -0.1) is 0 Å². The Morgan fingerprint density at radius 3 is 2.67 bits per heavy atom. The molecule has 0 spiro atoms. The Morgan fingerprint density at radius 2 is 1.92 bits per heavy atom. The van der Waals surface area contributed by atoms with Crippen LogP contribution in [0.3, 0.4) is 0 Å². The molecule has 1 N–H and O–H groups in total. The number of halogens is 1. The first-order valence-corrected chi connectivity index (χ1v) is 9.20. The molecule has 126 valence electrons. The molecule has 2 aromatic carbocycles. The standard InChI is InChI=1S/C19H21IN2O2/c20-17-8-6-16(7-9-17)19(23)21-12-18-14-22(10-11-24-18)13-15-4-2-1-3-5-15/h1-9,18H,10-14H2,(H,21,23). The van der Waals surface area contributed by atoms with Crippen molar-refractivity contribution in [3.05, 3.63) is 69.3 Å². The van der Waals surface area contributed by atoms with Crippen molar-refractivity contribution in [1.29, 1.82) is 0 Å². The highest BCUT2D eigenvalue weighted by molar-refractivity contribution is 14.1. The highest BCUT2D eigenvalue weighted by Gasteiger charge is 2.21. The predicted molar refractivity (Wildman–Crippen MR) is 103 cm³/mol. The van der Waals surface area contributed by atoms with Crippen LogP contribution in [0.1, 0.15) is 15.9 Å². The van der Waals surface area contributed by atoms with E-state index in [1.54, 1.807) is 0 Å². The second kappa shape index (κ2) is 8.60. The third-order valence-electron chi connectivity index (χ3n) is 4.07. The first-order chi connectivity index (χ1) is 11.7. The summed E-state index contributed by atoms with van der Waals surface area (Å²) in [7, 11) is 0. The van der Waals surface area contributed by atoms with Crippen LogP contribution in [-0.4, -0.2) is 43.2 Å². The molecular weight excluding hydrogens is 415 g/mol. The molecule has 0 bridgehead atoms. The Morgan fingerprint density at radius 1 is 1.17 bits per heavy atom. The van der Waals surface area contributed by atoms with Gasteiger partial charge in [0.15, 0.2) is 0 Å². The molecule has 5 heteroatoms. The van der Waals surface area contributed by atoms with E-state index in [2.05, 4.69) is 57.1 Å². The van der Waals surface area contributed by atoms with Crippen molar-refractivity contribution < 1.29 is 9.53 Å². The summed E-state index contributed by atoms with van der Waals surface area (Å²) in [5.74, 6) is -0.0461. The smallest absolute Gasteiger partial charge is 0.251 e. The SMILES string of the molecule is O=C(NCC1CN(Cc2ccccc2)CCO1)c1ccc(I)cc1. The number of nitrogens with zero attached hydrogens (tertiary/aromatic N) is 1. The molecule has 3 rings (SSSR count). The van der Waals surface area contributed by atoms with Gasteiger partial charge in [0.25, 0.3) is 5.91 Å². The van der Waals surface area contributed by atoms with E-state index in [-0.39, 0.29) is 12.0 Å². The lowest BCUT2D eigenvalue weighted by atomic mass is 10.2. The lowest BCUT2D eigenvalue weighted by Gasteiger charge is -2.33. The first-order valence-electron chi connectivity index (χ1n) is 8.12. The van der Waals surface area contributed by atoms with Crippen molar-refractivity contribution >= 4 is 28.5 Å². The van der Waals surface area contributed by atoms with E-state index >= 15 is 0 Å². The minimum absolute atomic E-state index is 0.0373. The quantitative estimate of drug-likeness (QED) is 0.734. The van der Waals surface area contributed by atoms with Crippen LogP contribution < -0.4 is 5.32 Å². The second-order valence-electron chi connectivity index (χ2n) is 5.93. The summed E-state index contributed by atoms with van der Waals surface area (Å²) in [4.78, 5) is 14.6. The molecule has 1 aliphatic rings. The van der Waals surface area contributed by atoms with Crippen LogP contribution in [0.15, 0.2) is 54.6 Å². The highest BCUT2D eigenvalue weighted by Crippen LogP contribution is 2.11. The maximum Gasteiger partial charge on any atom is 0.251 e. The maximum atomic E-state index is 12.2. The highest BCUT2D eigenvalue weighted by atomic mass is 127. The third-order valence-corrected chi connectivity index (χ3v) is 4.79. The lowest BCUT2D eigenvalue weighted by molar-refractivity contribution is -0.0292. The lowest BCUT2D eigenvalue weighted by Crippen LogP contribution is -2.47. The fraction of sp³-hybridized carbons (Fsp3) is 0.316. The molecular formula is C19H21IN2O2. The van der Waals surface area contributed by atoms with Gasteiger partial charge in [0, 0.05) is 35.3 Å². The molecule has 1 fully saturated rings. The number of hydrogen-bond donors (Lipinski definition) is 1. The number of hydrogen-bond acceptors (Lipinski definition) is 3. The van der Waals surface area contributed by atoms with Crippen molar-refractivity contribution in [1.82, 2.24) is 10.2 Å². The van der Waals surface area contributed by atoms with Gasteiger partial charge >= 0.3 is 0 Å². The molecule has 0 aromatic heterocycles. The van der Waals surface area contributed by atoms with Crippen molar-refractivity contribution in [2.45, 2.75) is 12.6 Å². The summed E-state index contributed by atoms with van der Waals surface area (Å²) >= 11 is 2.23. The Bertz CT molecular complexity index is 661. The molecule has 24 heavy (non-hydrogen) atoms. The van der Waals surface area contributed by atoms with E-state index < -0.39 is 0 Å². The third kappa shape index (κ3) is 5.03. The summed E-state index contributed by atoms with van der Waals surface area (Å²) in [6, 6.07) is 18.0. The van der Waals surface area contributed by atoms with E-state index in [1.807, 2.05) is 30.3 Å². The fourth-order valence-electron chi connectivity index (χ4n) is 2.80. The average Bonchev–Trinajstić information content (AvgIpc) is 2.61. The van der Waals surface area contributed by atoms with Crippen molar-refractivity contribution in [3.8, 4) is 0 Å². The van der Waals surface area contributed by atoms with Gasteiger partial charge in [0.2, 0.25) is 0 Å². The van der Waals surface area contributed by atoms with E-state index in [9.17, 15) is 4.79 Å². The van der Waals surface area contributed by atoms with Crippen LogP contribution in [0.4, 0.5) is 0 Å². The molecule has 1 unspecified atom stereocenters. The zero-order chi connectivity index (χ0) is 16.8. The van der Waals surface area contributed by atoms with Crippen LogP contribution in [0.25, 0.3) is 0 Å². The second-order valence-corrected chi connectivity index (χ2v) is 7.18. The Kier molecular flexibility index (Phi) is 6.23. The summed E-state index contributed by atoms with van der Waals surface area (Å²) < 4.78 is 6.92. The van der Waals surface area contributed by atoms with Crippen molar-refractivity contribution in [3.63, 3.8) is 0 Å². The molecule has 1 saturated heterocycles. The zero-order valence-corrected chi connectivity index (χ0v) is 15.6. The molecule has 1 heterocycles. The Balaban J connectivity index is 1.48. The van der Waals surface area contributed by atoms with E-state index in [0.29, 0.717) is 18.7 Å². The summed E-state index contributed by atoms with van der Waals surface area (Å²) in [6.45, 7) is 3.93. The topological polar surface area (TPSA) is 41.6 Å². The van der Waals surface area contributed by atoms with Crippen molar-refractivity contribution in [2.75, 3.05) is 26.2 Å². The number of benzene rings is 2. The number of rotatable bonds is 5. The number of carbonyl (C=O) groups excluding carboxylic acids is 1. The van der Waals surface area contributed by atoms with Gasteiger partial charge < -0.3 is 10.1 Å². The van der Waals surface area contributed by atoms with Crippen LogP contribution >= 0.6 is 22.6 Å². The molecule has 1 amide bonds. The number of nitrogens with one attached hydrogen (secondary N) is 1. The average molecular weight is 436 g/mol. The van der Waals surface area contributed by atoms with Crippen LogP contribution in [-0.2, 0) is 11.3 Å². The molecule has 4 nitrogen and oxygen atoms in total. The minimum atomic E-state index is -0.0461. The molecule has 0 aliphatic carbocycles. The van der Waals surface area contributed by atoms with Gasteiger partial charge in [-0.1, -0.05) is 30.3 Å². The van der Waals surface area contributed by atoms with E-state index in [0.717, 1.165) is 23.2 Å². The first kappa shape index (κ1) is 17.4. The van der Waals surface area contributed by atoms with Gasteiger partial charge in [-0.25, -0.2) is 0 Å². The van der Waals surface area contributed by atoms with Crippen molar-refractivity contribution in [2.24, 2.45) is 0 Å². The van der Waals surface area contributed by atoms with Gasteiger partial charge in [-0.3, -0.25) is 9.69 Å². The van der Waals surface area contributed by atoms with Crippen LogP contribution in [0.2, 0.25) is 0 Å². The van der Waals surface area contributed by atoms with E-state index in [1.165, 1.54) is 5.56 Å². The zero-order valence-electron chi connectivity index (χ0n) is 13.5. The molecule has 0 saturated carbocycles.